The van der Waals surface area contributed by atoms with E-state index in [0.29, 0.717) is 12.0 Å². The quantitative estimate of drug-likeness (QED) is 0.440. The maximum Gasteiger partial charge on any atom is 0.416 e. The molecule has 0 radical (unpaired) electrons. The third kappa shape index (κ3) is 6.66. The molecule has 37 heavy (non-hydrogen) atoms. The Balaban J connectivity index is 2.05. The molecule has 2 N–H and O–H groups in total. The Labute approximate surface area is 213 Å². The maximum atomic E-state index is 13.5. The van der Waals surface area contributed by atoms with Gasteiger partial charge in [-0.2, -0.15) is 18.2 Å². The summed E-state index contributed by atoms with van der Waals surface area (Å²) in [5, 5.41) is 0. The average Bonchev–Trinajstić information content (AvgIpc) is 3.16. The van der Waals surface area contributed by atoms with E-state index in [1.54, 1.807) is 6.07 Å². The van der Waals surface area contributed by atoms with Crippen LogP contribution in [0, 0.1) is 0 Å². The van der Waals surface area contributed by atoms with Crippen molar-refractivity contribution in [1.29, 1.82) is 0 Å². The van der Waals surface area contributed by atoms with Crippen LogP contribution in [-0.4, -0.2) is 26.2 Å². The first-order valence-electron chi connectivity index (χ1n) is 11.9. The number of hydrogen-bond donors (Lipinski definition) is 2. The topological polar surface area (TPSA) is 93.3 Å². The Morgan fingerprint density at radius 2 is 1.73 bits per heavy atom. The zero-order valence-electron chi connectivity index (χ0n) is 21.5. The zero-order chi connectivity index (χ0) is 27.4. The van der Waals surface area contributed by atoms with Gasteiger partial charge in [0.05, 0.1) is 16.8 Å². The van der Waals surface area contributed by atoms with E-state index in [2.05, 4.69) is 20.8 Å². The van der Waals surface area contributed by atoms with Crippen LogP contribution in [0.5, 0.6) is 0 Å². The monoisotopic (exact) mass is 516 g/mol. The molecule has 0 unspecified atom stereocenters. The van der Waals surface area contributed by atoms with Gasteiger partial charge in [0.2, 0.25) is 0 Å². The predicted octanol–water partition coefficient (Wildman–Crippen LogP) is 4.84. The van der Waals surface area contributed by atoms with Crippen molar-refractivity contribution in [3.63, 3.8) is 0 Å². The summed E-state index contributed by atoms with van der Waals surface area (Å²) in [7, 11) is 1.87. The van der Waals surface area contributed by atoms with Gasteiger partial charge in [-0.3, -0.25) is 34.8 Å². The Bertz CT molecular complexity index is 1340. The van der Waals surface area contributed by atoms with Crippen molar-refractivity contribution in [1.82, 2.24) is 19.8 Å². The van der Waals surface area contributed by atoms with Crippen LogP contribution < -0.4 is 16.3 Å². The average molecular weight is 517 g/mol. The Hall–Kier alpha value is -3.89. The molecule has 0 atom stereocenters. The largest absolute Gasteiger partial charge is 0.416 e. The minimum Gasteiger partial charge on any atom is -0.298 e. The molecule has 2 amide bonds. The fourth-order valence-electron chi connectivity index (χ4n) is 3.81. The van der Waals surface area contributed by atoms with E-state index >= 15 is 0 Å². The SMILES string of the molecule is CCCCn1/c(=N/C(=O)c2cc(C(F)(F)F)ccc2NNC(=O)c2ccncc2)cc(C(C)(C)C)n1C. The molecule has 0 saturated heterocycles. The van der Waals surface area contributed by atoms with Crippen molar-refractivity contribution in [2.75, 3.05) is 5.43 Å². The molecule has 0 spiro atoms. The molecule has 0 bridgehead atoms. The summed E-state index contributed by atoms with van der Waals surface area (Å²) in [5.41, 5.74) is 4.92. The minimum atomic E-state index is -4.67. The normalized spacial score (nSPS) is 12.5. The molecule has 1 aromatic carbocycles. The lowest BCUT2D eigenvalue weighted by atomic mass is 9.92. The number of nitrogens with one attached hydrogen (secondary N) is 2. The molecule has 198 valence electrons. The van der Waals surface area contributed by atoms with Gasteiger partial charge >= 0.3 is 6.18 Å². The van der Waals surface area contributed by atoms with Gasteiger partial charge in [0.1, 0.15) is 0 Å². The third-order valence-corrected chi connectivity index (χ3v) is 5.78. The standard InChI is InChI=1S/C26H31F3N6O2/c1-6-7-14-35-22(16-21(34(35)5)25(2,3)4)31-24(37)19-15-18(26(27,28)29)8-9-20(19)32-33-23(36)17-10-12-30-13-11-17/h8-13,15-16,32H,6-7,14H2,1-5H3,(H,33,36)/b31-22+. The van der Waals surface area contributed by atoms with E-state index in [9.17, 15) is 22.8 Å². The van der Waals surface area contributed by atoms with E-state index in [0.717, 1.165) is 36.7 Å². The number of anilines is 1. The van der Waals surface area contributed by atoms with E-state index in [4.69, 9.17) is 0 Å². The molecular weight excluding hydrogens is 485 g/mol. The lowest BCUT2D eigenvalue weighted by Gasteiger charge is -2.20. The van der Waals surface area contributed by atoms with E-state index in [1.165, 1.54) is 24.5 Å². The first-order valence-corrected chi connectivity index (χ1v) is 11.9. The van der Waals surface area contributed by atoms with E-state index in [-0.39, 0.29) is 22.2 Å². The van der Waals surface area contributed by atoms with Gasteiger partial charge in [-0.25, -0.2) is 0 Å². The number of aromatic nitrogens is 3. The molecule has 3 aromatic rings. The van der Waals surface area contributed by atoms with Crippen LogP contribution in [-0.2, 0) is 25.2 Å². The Kier molecular flexibility index (Phi) is 8.25. The molecule has 2 aromatic heterocycles. The summed E-state index contributed by atoms with van der Waals surface area (Å²) in [6.07, 6.45) is -0.0583. The number of amides is 2. The molecule has 0 aliphatic carbocycles. The summed E-state index contributed by atoms with van der Waals surface area (Å²) < 4.78 is 44.2. The molecule has 0 aliphatic rings. The molecular formula is C26H31F3N6O2. The van der Waals surface area contributed by atoms with E-state index < -0.39 is 23.6 Å². The van der Waals surface area contributed by atoms with Crippen molar-refractivity contribution in [2.45, 2.75) is 58.7 Å². The molecule has 0 fully saturated rings. The number of unbranched alkanes of at least 4 members (excludes halogenated alkanes) is 1. The number of pyridine rings is 1. The number of carbonyl (C=O) groups is 2. The van der Waals surface area contributed by atoms with Crippen molar-refractivity contribution in [3.8, 4) is 0 Å². The van der Waals surface area contributed by atoms with Crippen molar-refractivity contribution >= 4 is 17.5 Å². The van der Waals surface area contributed by atoms with Gasteiger partial charge in [0.15, 0.2) is 5.49 Å². The van der Waals surface area contributed by atoms with Gasteiger partial charge in [-0.15, -0.1) is 0 Å². The van der Waals surface area contributed by atoms with Crippen LogP contribution in [0.3, 0.4) is 0 Å². The van der Waals surface area contributed by atoms with Gasteiger partial charge in [-0.05, 0) is 36.8 Å². The first kappa shape index (κ1) is 27.7. The van der Waals surface area contributed by atoms with Crippen LogP contribution in [0.4, 0.5) is 18.9 Å². The number of halogens is 3. The molecule has 0 saturated carbocycles. The van der Waals surface area contributed by atoms with Crippen molar-refractivity contribution in [3.05, 3.63) is 76.7 Å². The molecule has 2 heterocycles. The van der Waals surface area contributed by atoms with Gasteiger partial charge in [-0.1, -0.05) is 34.1 Å². The number of carbonyl (C=O) groups excluding carboxylic acids is 2. The maximum absolute atomic E-state index is 13.5. The highest BCUT2D eigenvalue weighted by molar-refractivity contribution is 6.01. The summed E-state index contributed by atoms with van der Waals surface area (Å²) >= 11 is 0. The number of hydrazine groups is 1. The second kappa shape index (κ2) is 11.0. The van der Waals surface area contributed by atoms with Crippen LogP contribution in [0.25, 0.3) is 0 Å². The van der Waals surface area contributed by atoms with Gasteiger partial charge in [0.25, 0.3) is 11.8 Å². The molecule has 0 aliphatic heterocycles. The van der Waals surface area contributed by atoms with Crippen LogP contribution in [0.2, 0.25) is 0 Å². The summed E-state index contributed by atoms with van der Waals surface area (Å²) in [5.74, 6) is -1.42. The highest BCUT2D eigenvalue weighted by atomic mass is 19.4. The van der Waals surface area contributed by atoms with Crippen LogP contribution >= 0.6 is 0 Å². The number of rotatable bonds is 7. The lowest BCUT2D eigenvalue weighted by molar-refractivity contribution is -0.137. The van der Waals surface area contributed by atoms with Crippen LogP contribution in [0.15, 0.2) is 53.8 Å². The lowest BCUT2D eigenvalue weighted by Crippen LogP contribution is -2.30. The second-order valence-electron chi connectivity index (χ2n) is 9.63. The fraction of sp³-hybridized carbons (Fsp3) is 0.385. The highest BCUT2D eigenvalue weighted by Gasteiger charge is 2.32. The number of nitrogens with zero attached hydrogens (tertiary/aromatic N) is 4. The number of benzene rings is 1. The third-order valence-electron chi connectivity index (χ3n) is 5.78. The highest BCUT2D eigenvalue weighted by Crippen LogP contribution is 2.32. The number of alkyl halides is 3. The smallest absolute Gasteiger partial charge is 0.298 e. The molecule has 8 nitrogen and oxygen atoms in total. The Morgan fingerprint density at radius 3 is 2.32 bits per heavy atom. The van der Waals surface area contributed by atoms with Gasteiger partial charge in [0, 0.05) is 48.7 Å². The second-order valence-corrected chi connectivity index (χ2v) is 9.63. The Morgan fingerprint density at radius 1 is 1.05 bits per heavy atom. The first-order chi connectivity index (χ1) is 17.3. The number of hydrogen-bond acceptors (Lipinski definition) is 4. The molecule has 11 heteroatoms. The summed E-state index contributed by atoms with van der Waals surface area (Å²) in [4.78, 5) is 33.8. The minimum absolute atomic E-state index is 0.0174. The fourth-order valence-corrected chi connectivity index (χ4v) is 3.81. The van der Waals surface area contributed by atoms with Crippen LogP contribution in [0.1, 0.15) is 72.5 Å². The van der Waals surface area contributed by atoms with Gasteiger partial charge < -0.3 is 0 Å². The summed E-state index contributed by atoms with van der Waals surface area (Å²) in [6, 6.07) is 7.38. The zero-order valence-corrected chi connectivity index (χ0v) is 21.5. The predicted molar refractivity (Wildman–Crippen MR) is 134 cm³/mol. The molecule has 3 rings (SSSR count). The van der Waals surface area contributed by atoms with Crippen molar-refractivity contribution < 1.29 is 22.8 Å². The van der Waals surface area contributed by atoms with E-state index in [1.807, 2.05) is 44.1 Å². The van der Waals surface area contributed by atoms with Crippen molar-refractivity contribution in [2.24, 2.45) is 12.0 Å². The summed E-state index contributed by atoms with van der Waals surface area (Å²) in [6.45, 7) is 8.71.